The number of methoxy groups -OCH3 is 1. The number of rotatable bonds is 1. The van der Waals surface area contributed by atoms with E-state index in [0.717, 1.165) is 18.3 Å². The fourth-order valence-electron chi connectivity index (χ4n) is 7.83. The van der Waals surface area contributed by atoms with Crippen LogP contribution in [0.25, 0.3) is 0 Å². The molecule has 4 saturated carbocycles. The van der Waals surface area contributed by atoms with Crippen LogP contribution in [0.1, 0.15) is 71.6 Å². The van der Waals surface area contributed by atoms with Crippen molar-refractivity contribution in [2.24, 2.45) is 34.0 Å². The molecule has 0 aliphatic heterocycles. The largest absolute Gasteiger partial charge is 0.469 e. The van der Waals surface area contributed by atoms with Gasteiger partial charge in [-0.05, 0) is 86.9 Å². The Morgan fingerprint density at radius 3 is 2.65 bits per heavy atom. The minimum Gasteiger partial charge on any atom is -0.469 e. The topological polar surface area (TPSA) is 26.3 Å². The molecular weight excluding hydrogens is 284 g/mol. The summed E-state index contributed by atoms with van der Waals surface area (Å²) in [7, 11) is 1.57. The average Bonchev–Trinajstić information content (AvgIpc) is 2.75. The van der Waals surface area contributed by atoms with Crippen LogP contribution < -0.4 is 0 Å². The molecular formula is C21H32O2. The van der Waals surface area contributed by atoms with Crippen molar-refractivity contribution in [3.05, 3.63) is 12.2 Å². The van der Waals surface area contributed by atoms with Crippen LogP contribution in [0.4, 0.5) is 0 Å². The van der Waals surface area contributed by atoms with Crippen LogP contribution in [-0.2, 0) is 9.53 Å². The predicted octanol–water partition coefficient (Wildman–Crippen LogP) is 5.13. The third-order valence-electron chi connectivity index (χ3n) is 8.71. The Labute approximate surface area is 141 Å². The molecule has 4 fully saturated rings. The zero-order valence-electron chi connectivity index (χ0n) is 15.1. The number of hydrogen-bond donors (Lipinski definition) is 0. The standard InChI is InChI=1S/C21H32O2/c1-14-12-21-11-8-16-19(2,17(21)7-6-15(14)13-21)9-5-10-20(16,3)18(22)23-4/h15-17H,1,5-13H2,2-4H3/t15-,16-,17+,19+,20+,21+/m0/s1. The number of fused-ring (bicyclic) bond motifs is 3. The molecule has 0 radical (unpaired) electrons. The monoisotopic (exact) mass is 316 g/mol. The maximum absolute atomic E-state index is 12.6. The van der Waals surface area contributed by atoms with Gasteiger partial charge in [-0.2, -0.15) is 0 Å². The van der Waals surface area contributed by atoms with Gasteiger partial charge in [0.15, 0.2) is 0 Å². The van der Waals surface area contributed by atoms with Gasteiger partial charge in [-0.3, -0.25) is 4.79 Å². The summed E-state index contributed by atoms with van der Waals surface area (Å²) in [5.41, 5.74) is 2.09. The van der Waals surface area contributed by atoms with E-state index in [1.54, 1.807) is 7.11 Å². The summed E-state index contributed by atoms with van der Waals surface area (Å²) < 4.78 is 5.25. The fraction of sp³-hybridized carbons (Fsp3) is 0.857. The molecule has 0 N–H and O–H groups in total. The van der Waals surface area contributed by atoms with Crippen LogP contribution in [0.2, 0.25) is 0 Å². The molecule has 0 heterocycles. The van der Waals surface area contributed by atoms with E-state index in [9.17, 15) is 4.79 Å². The second kappa shape index (κ2) is 4.86. The molecule has 1 spiro atoms. The molecule has 0 amide bonds. The number of esters is 1. The van der Waals surface area contributed by atoms with Crippen molar-refractivity contribution in [2.45, 2.75) is 71.6 Å². The van der Waals surface area contributed by atoms with Gasteiger partial charge in [0.1, 0.15) is 0 Å². The number of hydrogen-bond acceptors (Lipinski definition) is 2. The van der Waals surface area contributed by atoms with E-state index in [0.29, 0.717) is 16.7 Å². The van der Waals surface area contributed by atoms with E-state index >= 15 is 0 Å². The fourth-order valence-corrected chi connectivity index (χ4v) is 7.83. The molecule has 4 rings (SSSR count). The van der Waals surface area contributed by atoms with Crippen LogP contribution in [-0.4, -0.2) is 13.1 Å². The van der Waals surface area contributed by atoms with Gasteiger partial charge in [0, 0.05) is 0 Å². The van der Waals surface area contributed by atoms with Gasteiger partial charge in [-0.15, -0.1) is 0 Å². The van der Waals surface area contributed by atoms with Crippen LogP contribution in [0.15, 0.2) is 12.2 Å². The molecule has 4 aliphatic carbocycles. The molecule has 2 heteroatoms. The molecule has 0 saturated heterocycles. The third kappa shape index (κ3) is 1.90. The second-order valence-corrected chi connectivity index (χ2v) is 9.59. The van der Waals surface area contributed by atoms with Crippen molar-refractivity contribution < 1.29 is 9.53 Å². The Kier molecular flexibility index (Phi) is 3.32. The minimum absolute atomic E-state index is 0.0360. The smallest absolute Gasteiger partial charge is 0.311 e. The molecule has 128 valence electrons. The van der Waals surface area contributed by atoms with Gasteiger partial charge >= 0.3 is 5.97 Å². The Bertz CT molecular complexity index is 552. The summed E-state index contributed by atoms with van der Waals surface area (Å²) in [5.74, 6) is 2.11. The zero-order valence-corrected chi connectivity index (χ0v) is 15.1. The molecule has 2 bridgehead atoms. The van der Waals surface area contributed by atoms with Crippen LogP contribution in [0.5, 0.6) is 0 Å². The lowest BCUT2D eigenvalue weighted by atomic mass is 9.41. The lowest BCUT2D eigenvalue weighted by Crippen LogP contribution is -2.58. The first-order valence-corrected chi connectivity index (χ1v) is 9.62. The van der Waals surface area contributed by atoms with Crippen molar-refractivity contribution in [3.63, 3.8) is 0 Å². The van der Waals surface area contributed by atoms with E-state index in [-0.39, 0.29) is 11.4 Å². The van der Waals surface area contributed by atoms with Gasteiger partial charge in [0.05, 0.1) is 12.5 Å². The Morgan fingerprint density at radius 2 is 1.91 bits per heavy atom. The molecule has 0 aromatic rings. The Balaban J connectivity index is 1.73. The van der Waals surface area contributed by atoms with Gasteiger partial charge in [0.25, 0.3) is 0 Å². The molecule has 0 aromatic heterocycles. The lowest BCUT2D eigenvalue weighted by Gasteiger charge is -2.63. The first-order valence-electron chi connectivity index (χ1n) is 9.62. The van der Waals surface area contributed by atoms with E-state index in [4.69, 9.17) is 4.74 Å². The van der Waals surface area contributed by atoms with Crippen molar-refractivity contribution in [3.8, 4) is 0 Å². The summed E-state index contributed by atoms with van der Waals surface area (Å²) in [4.78, 5) is 12.6. The minimum atomic E-state index is -0.268. The summed E-state index contributed by atoms with van der Waals surface area (Å²) in [6.45, 7) is 9.12. The van der Waals surface area contributed by atoms with E-state index in [1.807, 2.05) is 0 Å². The Morgan fingerprint density at radius 1 is 1.13 bits per heavy atom. The molecule has 6 atom stereocenters. The van der Waals surface area contributed by atoms with Crippen LogP contribution in [0.3, 0.4) is 0 Å². The first kappa shape index (κ1) is 15.7. The normalized spacial score (nSPS) is 51.8. The van der Waals surface area contributed by atoms with Gasteiger partial charge in [-0.1, -0.05) is 25.5 Å². The van der Waals surface area contributed by atoms with Gasteiger partial charge < -0.3 is 4.74 Å². The lowest BCUT2D eigenvalue weighted by molar-refractivity contribution is -0.183. The highest BCUT2D eigenvalue weighted by Gasteiger charge is 2.65. The maximum Gasteiger partial charge on any atom is 0.311 e. The van der Waals surface area contributed by atoms with Crippen molar-refractivity contribution in [1.29, 1.82) is 0 Å². The second-order valence-electron chi connectivity index (χ2n) is 9.59. The third-order valence-corrected chi connectivity index (χ3v) is 8.71. The van der Waals surface area contributed by atoms with Crippen molar-refractivity contribution >= 4 is 5.97 Å². The molecule has 2 nitrogen and oxygen atoms in total. The number of carbonyl (C=O) groups is 1. The number of allylic oxidation sites excluding steroid dienone is 1. The van der Waals surface area contributed by atoms with Crippen molar-refractivity contribution in [1.82, 2.24) is 0 Å². The molecule has 0 aromatic carbocycles. The van der Waals surface area contributed by atoms with E-state index in [1.165, 1.54) is 56.9 Å². The highest BCUT2D eigenvalue weighted by molar-refractivity contribution is 5.77. The maximum atomic E-state index is 12.6. The van der Waals surface area contributed by atoms with Gasteiger partial charge in [0.2, 0.25) is 0 Å². The van der Waals surface area contributed by atoms with E-state index in [2.05, 4.69) is 20.4 Å². The SMILES string of the molecule is C=C1C[C@@]23CC[C@H]4[C@@](C)(CCC[C@@]4(C)C(=O)OC)[C@H]2CC[C@H]1C3. The average molecular weight is 316 g/mol. The predicted molar refractivity (Wildman–Crippen MR) is 91.8 cm³/mol. The van der Waals surface area contributed by atoms with Crippen LogP contribution >= 0.6 is 0 Å². The zero-order chi connectivity index (χ0) is 16.5. The highest BCUT2D eigenvalue weighted by atomic mass is 16.5. The summed E-state index contributed by atoms with van der Waals surface area (Å²) in [6.07, 6.45) is 11.3. The highest BCUT2D eigenvalue weighted by Crippen LogP contribution is 2.72. The number of carbonyl (C=O) groups excluding carboxylic acids is 1. The molecule has 23 heavy (non-hydrogen) atoms. The molecule has 0 unspecified atom stereocenters. The Hall–Kier alpha value is -0.790. The summed E-state index contributed by atoms with van der Waals surface area (Å²) >= 11 is 0. The number of ether oxygens (including phenoxy) is 1. The van der Waals surface area contributed by atoms with Gasteiger partial charge in [-0.25, -0.2) is 0 Å². The molecule has 4 aliphatic rings. The summed E-state index contributed by atoms with van der Waals surface area (Å²) in [6, 6.07) is 0. The van der Waals surface area contributed by atoms with E-state index < -0.39 is 0 Å². The first-order chi connectivity index (χ1) is 10.9. The quantitative estimate of drug-likeness (QED) is 0.495. The summed E-state index contributed by atoms with van der Waals surface area (Å²) in [5, 5.41) is 0. The van der Waals surface area contributed by atoms with Crippen molar-refractivity contribution in [2.75, 3.05) is 7.11 Å². The van der Waals surface area contributed by atoms with Crippen LogP contribution in [0, 0.1) is 34.0 Å².